The molecule has 0 aliphatic rings. The zero-order chi connectivity index (χ0) is 15.8. The SMILES string of the molecule is O=[PH](OCc1ccc(CBr)cc1)OCc1ccc(CBr)cc1. The molecule has 6 heteroatoms. The predicted molar refractivity (Wildman–Crippen MR) is 96.7 cm³/mol. The molecular formula is C16H17Br2O3P. The monoisotopic (exact) mass is 446 g/mol. The molecule has 22 heavy (non-hydrogen) atoms. The van der Waals surface area contributed by atoms with Crippen molar-refractivity contribution in [1.82, 2.24) is 0 Å². The van der Waals surface area contributed by atoms with Crippen molar-refractivity contribution in [2.45, 2.75) is 23.9 Å². The van der Waals surface area contributed by atoms with Crippen LogP contribution in [0.25, 0.3) is 0 Å². The largest absolute Gasteiger partial charge is 0.319 e. The van der Waals surface area contributed by atoms with Gasteiger partial charge < -0.3 is 9.05 Å². The Hall–Kier alpha value is -0.450. The number of alkyl halides is 2. The quantitative estimate of drug-likeness (QED) is 0.390. The molecule has 0 aliphatic heterocycles. The Morgan fingerprint density at radius 2 is 1.00 bits per heavy atom. The van der Waals surface area contributed by atoms with Gasteiger partial charge in [-0.3, -0.25) is 4.57 Å². The minimum Gasteiger partial charge on any atom is -0.306 e. The van der Waals surface area contributed by atoms with Gasteiger partial charge in [0, 0.05) is 10.7 Å². The molecule has 2 aromatic carbocycles. The highest BCUT2D eigenvalue weighted by Crippen LogP contribution is 2.27. The van der Waals surface area contributed by atoms with Gasteiger partial charge in [0.15, 0.2) is 0 Å². The van der Waals surface area contributed by atoms with Crippen LogP contribution in [0.3, 0.4) is 0 Å². The molecule has 2 rings (SSSR count). The fourth-order valence-electron chi connectivity index (χ4n) is 1.78. The number of hydrogen-bond acceptors (Lipinski definition) is 3. The number of halogens is 2. The lowest BCUT2D eigenvalue weighted by Crippen LogP contribution is -1.91. The summed E-state index contributed by atoms with van der Waals surface area (Å²) in [7, 11) is -2.48. The van der Waals surface area contributed by atoms with E-state index < -0.39 is 8.25 Å². The first-order valence-corrected chi connectivity index (χ1v) is 10.2. The van der Waals surface area contributed by atoms with Gasteiger partial charge in [0.1, 0.15) is 0 Å². The van der Waals surface area contributed by atoms with Crippen LogP contribution >= 0.6 is 40.1 Å². The molecule has 0 bridgehead atoms. The van der Waals surface area contributed by atoms with Gasteiger partial charge >= 0.3 is 8.25 Å². The molecule has 0 fully saturated rings. The molecule has 3 nitrogen and oxygen atoms in total. The molecule has 118 valence electrons. The van der Waals surface area contributed by atoms with E-state index in [1.165, 1.54) is 11.1 Å². The van der Waals surface area contributed by atoms with Crippen molar-refractivity contribution in [2.24, 2.45) is 0 Å². The van der Waals surface area contributed by atoms with E-state index in [9.17, 15) is 4.57 Å². The smallest absolute Gasteiger partial charge is 0.306 e. The van der Waals surface area contributed by atoms with Crippen LogP contribution in [0.2, 0.25) is 0 Å². The Labute approximate surface area is 148 Å². The van der Waals surface area contributed by atoms with Gasteiger partial charge in [-0.05, 0) is 22.3 Å². The summed E-state index contributed by atoms with van der Waals surface area (Å²) in [5, 5.41) is 1.64. The first-order valence-electron chi connectivity index (χ1n) is 6.78. The highest BCUT2D eigenvalue weighted by atomic mass is 79.9. The third kappa shape index (κ3) is 5.98. The lowest BCUT2D eigenvalue weighted by atomic mass is 10.2. The van der Waals surface area contributed by atoms with E-state index in [1.807, 2.05) is 48.5 Å². The lowest BCUT2D eigenvalue weighted by Gasteiger charge is -2.07. The summed E-state index contributed by atoms with van der Waals surface area (Å²) in [6.07, 6.45) is 0. The molecule has 0 saturated heterocycles. The van der Waals surface area contributed by atoms with Gasteiger partial charge in [-0.25, -0.2) is 0 Å². The zero-order valence-electron chi connectivity index (χ0n) is 11.9. The molecule has 0 amide bonds. The fourth-order valence-corrected chi connectivity index (χ4v) is 3.18. The van der Waals surface area contributed by atoms with Crippen LogP contribution in [0.1, 0.15) is 22.3 Å². The molecule has 0 heterocycles. The van der Waals surface area contributed by atoms with Crippen LogP contribution in [0, 0.1) is 0 Å². The molecule has 0 unspecified atom stereocenters. The topological polar surface area (TPSA) is 35.5 Å². The maximum absolute atomic E-state index is 11.8. The fraction of sp³-hybridized carbons (Fsp3) is 0.250. The molecule has 0 aromatic heterocycles. The minimum absolute atomic E-state index is 0.295. The first kappa shape index (κ1) is 17.9. The Balaban J connectivity index is 1.74. The third-order valence-corrected chi connectivity index (χ3v) is 5.12. The van der Waals surface area contributed by atoms with Crippen LogP contribution < -0.4 is 0 Å². The van der Waals surface area contributed by atoms with Gasteiger partial charge in [-0.1, -0.05) is 80.4 Å². The van der Waals surface area contributed by atoms with Crippen molar-refractivity contribution in [3.05, 3.63) is 70.8 Å². The van der Waals surface area contributed by atoms with E-state index in [1.54, 1.807) is 0 Å². The minimum atomic E-state index is -2.48. The Bertz CT molecular complexity index is 546. The second-order valence-corrected chi connectivity index (χ2v) is 6.93. The van der Waals surface area contributed by atoms with E-state index in [2.05, 4.69) is 31.9 Å². The predicted octanol–water partition coefficient (Wildman–Crippen LogP) is 5.60. The Morgan fingerprint density at radius 3 is 1.32 bits per heavy atom. The van der Waals surface area contributed by atoms with Crippen LogP contribution in [-0.2, 0) is 37.5 Å². The Morgan fingerprint density at radius 1 is 0.682 bits per heavy atom. The van der Waals surface area contributed by atoms with Crippen molar-refractivity contribution in [3.63, 3.8) is 0 Å². The van der Waals surface area contributed by atoms with Crippen LogP contribution in [0.5, 0.6) is 0 Å². The highest BCUT2D eigenvalue weighted by molar-refractivity contribution is 9.08. The summed E-state index contributed by atoms with van der Waals surface area (Å²) in [5.41, 5.74) is 4.35. The van der Waals surface area contributed by atoms with Crippen molar-refractivity contribution < 1.29 is 13.6 Å². The lowest BCUT2D eigenvalue weighted by molar-refractivity contribution is 0.213. The summed E-state index contributed by atoms with van der Waals surface area (Å²) in [5.74, 6) is 0. The van der Waals surface area contributed by atoms with Crippen molar-refractivity contribution in [3.8, 4) is 0 Å². The molecular weight excluding hydrogens is 431 g/mol. The highest BCUT2D eigenvalue weighted by Gasteiger charge is 2.03. The number of hydrogen-bond donors (Lipinski definition) is 0. The normalized spacial score (nSPS) is 11.0. The van der Waals surface area contributed by atoms with E-state index in [0.29, 0.717) is 13.2 Å². The molecule has 0 aliphatic carbocycles. The van der Waals surface area contributed by atoms with Crippen molar-refractivity contribution >= 4 is 40.1 Å². The summed E-state index contributed by atoms with van der Waals surface area (Å²) in [4.78, 5) is 0. The van der Waals surface area contributed by atoms with Crippen LogP contribution in [-0.4, -0.2) is 0 Å². The van der Waals surface area contributed by atoms with E-state index >= 15 is 0 Å². The summed E-state index contributed by atoms with van der Waals surface area (Å²) < 4.78 is 22.3. The van der Waals surface area contributed by atoms with Gasteiger partial charge in [-0.15, -0.1) is 0 Å². The number of benzene rings is 2. The number of rotatable bonds is 8. The van der Waals surface area contributed by atoms with Gasteiger partial charge in [-0.2, -0.15) is 0 Å². The molecule has 2 aromatic rings. The van der Waals surface area contributed by atoms with Crippen molar-refractivity contribution in [2.75, 3.05) is 0 Å². The average Bonchev–Trinajstić information content (AvgIpc) is 2.59. The van der Waals surface area contributed by atoms with Crippen LogP contribution in [0.15, 0.2) is 48.5 Å². The maximum Gasteiger partial charge on any atom is 0.319 e. The standard InChI is InChI=1S/C16H17Br2O3P/c17-9-13-1-5-15(6-2-13)11-20-22(19)21-12-16-7-3-14(10-18)4-8-16/h1-8,22H,9-12H2. The van der Waals surface area contributed by atoms with E-state index in [0.717, 1.165) is 21.8 Å². The van der Waals surface area contributed by atoms with Gasteiger partial charge in [0.05, 0.1) is 13.2 Å². The molecule has 0 N–H and O–H groups in total. The zero-order valence-corrected chi connectivity index (χ0v) is 16.1. The summed E-state index contributed by atoms with van der Waals surface area (Å²) >= 11 is 6.79. The van der Waals surface area contributed by atoms with E-state index in [-0.39, 0.29) is 0 Å². The first-order chi connectivity index (χ1) is 10.7. The molecule has 0 spiro atoms. The molecule has 0 saturated carbocycles. The summed E-state index contributed by atoms with van der Waals surface area (Å²) in [6, 6.07) is 15.9. The maximum atomic E-state index is 11.8. The summed E-state index contributed by atoms with van der Waals surface area (Å²) in [6.45, 7) is 0.589. The van der Waals surface area contributed by atoms with Gasteiger partial charge in [0.2, 0.25) is 0 Å². The molecule has 0 radical (unpaired) electrons. The molecule has 0 atom stereocenters. The third-order valence-electron chi connectivity index (χ3n) is 3.07. The second kappa shape index (κ2) is 9.64. The van der Waals surface area contributed by atoms with Gasteiger partial charge in [0.25, 0.3) is 0 Å². The second-order valence-electron chi connectivity index (χ2n) is 4.73. The van der Waals surface area contributed by atoms with Crippen LogP contribution in [0.4, 0.5) is 0 Å². The average molecular weight is 448 g/mol. The van der Waals surface area contributed by atoms with E-state index in [4.69, 9.17) is 9.05 Å². The Kier molecular flexibility index (Phi) is 7.84. The van der Waals surface area contributed by atoms with Crippen molar-refractivity contribution in [1.29, 1.82) is 0 Å².